The molecule has 2 rings (SSSR count). The molecular formula is C19H32Cl2O3. The number of rotatable bonds is 6. The van der Waals surface area contributed by atoms with E-state index in [2.05, 4.69) is 13.8 Å². The summed E-state index contributed by atoms with van der Waals surface area (Å²) in [6.07, 6.45) is 9.29. The Kier molecular flexibility index (Phi) is 8.49. The molecular weight excluding hydrogens is 347 g/mol. The molecule has 2 saturated carbocycles. The summed E-state index contributed by atoms with van der Waals surface area (Å²) in [6, 6.07) is 0. The van der Waals surface area contributed by atoms with Crippen LogP contribution in [0, 0.1) is 11.8 Å². The van der Waals surface area contributed by atoms with Crippen LogP contribution in [0.1, 0.15) is 78.1 Å². The van der Waals surface area contributed by atoms with E-state index in [0.717, 1.165) is 64.2 Å². The zero-order valence-electron chi connectivity index (χ0n) is 15.0. The first-order valence-corrected chi connectivity index (χ1v) is 10.6. The fourth-order valence-electron chi connectivity index (χ4n) is 4.10. The molecule has 2 fully saturated rings. The van der Waals surface area contributed by atoms with Gasteiger partial charge in [0, 0.05) is 10.8 Å². The maximum Gasteiger partial charge on any atom is 0.508 e. The average Bonchev–Trinajstić information content (AvgIpc) is 2.61. The van der Waals surface area contributed by atoms with Crippen molar-refractivity contribution >= 4 is 29.4 Å². The Morgan fingerprint density at radius 3 is 1.42 bits per heavy atom. The van der Waals surface area contributed by atoms with Crippen LogP contribution in [0.15, 0.2) is 0 Å². The molecule has 5 heteroatoms. The highest BCUT2D eigenvalue weighted by Gasteiger charge is 2.30. The normalized spacial score (nSPS) is 33.5. The van der Waals surface area contributed by atoms with Gasteiger partial charge in [-0.25, -0.2) is 4.79 Å². The maximum atomic E-state index is 12.0. The van der Waals surface area contributed by atoms with E-state index in [1.807, 2.05) is 0 Å². The van der Waals surface area contributed by atoms with Gasteiger partial charge in [0.1, 0.15) is 12.2 Å². The minimum absolute atomic E-state index is 0.00174. The second-order valence-corrected chi connectivity index (χ2v) is 8.53. The van der Waals surface area contributed by atoms with Crippen LogP contribution < -0.4 is 0 Å². The van der Waals surface area contributed by atoms with Crippen LogP contribution in [0.25, 0.3) is 0 Å². The molecule has 0 aromatic rings. The molecule has 2 aliphatic carbocycles. The van der Waals surface area contributed by atoms with E-state index >= 15 is 0 Å². The second-order valence-electron chi connectivity index (χ2n) is 7.41. The van der Waals surface area contributed by atoms with Crippen LogP contribution in [0.3, 0.4) is 0 Å². The van der Waals surface area contributed by atoms with Gasteiger partial charge in [0.15, 0.2) is 0 Å². The van der Waals surface area contributed by atoms with Crippen molar-refractivity contribution < 1.29 is 14.3 Å². The number of hydrogen-bond donors (Lipinski definition) is 0. The summed E-state index contributed by atoms with van der Waals surface area (Å²) in [5.41, 5.74) is 0. The molecule has 24 heavy (non-hydrogen) atoms. The third kappa shape index (κ3) is 5.98. The third-order valence-electron chi connectivity index (χ3n) is 5.77. The van der Waals surface area contributed by atoms with Gasteiger partial charge in [0.2, 0.25) is 0 Å². The third-order valence-corrected chi connectivity index (χ3v) is 7.10. The van der Waals surface area contributed by atoms with Crippen LogP contribution in [0.4, 0.5) is 4.79 Å². The smallest absolute Gasteiger partial charge is 0.431 e. The highest BCUT2D eigenvalue weighted by atomic mass is 35.5. The highest BCUT2D eigenvalue weighted by Crippen LogP contribution is 2.34. The van der Waals surface area contributed by atoms with Gasteiger partial charge in [-0.3, -0.25) is 0 Å². The van der Waals surface area contributed by atoms with E-state index in [0.29, 0.717) is 11.8 Å². The quantitative estimate of drug-likeness (QED) is 0.402. The van der Waals surface area contributed by atoms with Gasteiger partial charge in [-0.15, -0.1) is 23.2 Å². The Labute approximate surface area is 156 Å². The molecule has 0 bridgehead atoms. The van der Waals surface area contributed by atoms with Crippen molar-refractivity contribution in [2.24, 2.45) is 11.8 Å². The van der Waals surface area contributed by atoms with Gasteiger partial charge < -0.3 is 9.47 Å². The van der Waals surface area contributed by atoms with E-state index < -0.39 is 6.16 Å². The standard InChI is InChI=1S/C19H32Cl2O3/c1-3-17(20)13-5-9-15(10-6-13)23-19(22)24-16-11-7-14(8-12-16)18(21)4-2/h13-18H,3-12H2,1-2H3. The maximum absolute atomic E-state index is 12.0. The van der Waals surface area contributed by atoms with E-state index in [9.17, 15) is 4.79 Å². The average molecular weight is 379 g/mol. The largest absolute Gasteiger partial charge is 0.508 e. The van der Waals surface area contributed by atoms with Crippen LogP contribution >= 0.6 is 23.2 Å². The minimum Gasteiger partial charge on any atom is -0.431 e. The van der Waals surface area contributed by atoms with Gasteiger partial charge in [0.25, 0.3) is 0 Å². The zero-order chi connectivity index (χ0) is 17.5. The zero-order valence-corrected chi connectivity index (χ0v) is 16.5. The topological polar surface area (TPSA) is 35.5 Å². The Balaban J connectivity index is 1.64. The summed E-state index contributed by atoms with van der Waals surface area (Å²) in [5.74, 6) is 1.12. The summed E-state index contributed by atoms with van der Waals surface area (Å²) in [5, 5.41) is 0.504. The van der Waals surface area contributed by atoms with Crippen molar-refractivity contribution in [3.05, 3.63) is 0 Å². The SMILES string of the molecule is CCC(Cl)C1CCC(OC(=O)OC2CCC(C(Cl)CC)CC2)CC1. The Morgan fingerprint density at radius 1 is 0.792 bits per heavy atom. The molecule has 3 nitrogen and oxygen atoms in total. The van der Waals surface area contributed by atoms with Gasteiger partial charge >= 0.3 is 6.16 Å². The number of carbonyl (C=O) groups excluding carboxylic acids is 1. The molecule has 0 aromatic carbocycles. The van der Waals surface area contributed by atoms with Crippen LogP contribution in [-0.2, 0) is 9.47 Å². The molecule has 2 unspecified atom stereocenters. The van der Waals surface area contributed by atoms with E-state index in [1.165, 1.54) is 0 Å². The van der Waals surface area contributed by atoms with Gasteiger partial charge in [-0.1, -0.05) is 13.8 Å². The number of hydrogen-bond acceptors (Lipinski definition) is 3. The first-order chi connectivity index (χ1) is 11.5. The van der Waals surface area contributed by atoms with Gasteiger partial charge in [-0.05, 0) is 76.0 Å². The summed E-state index contributed by atoms with van der Waals surface area (Å²) in [6.45, 7) is 4.25. The molecule has 2 aliphatic rings. The Bertz CT molecular complexity index is 341. The summed E-state index contributed by atoms with van der Waals surface area (Å²) >= 11 is 12.7. The molecule has 0 N–H and O–H groups in total. The van der Waals surface area contributed by atoms with Crippen molar-refractivity contribution in [1.82, 2.24) is 0 Å². The first-order valence-electron chi connectivity index (χ1n) is 9.68. The fraction of sp³-hybridized carbons (Fsp3) is 0.947. The molecule has 0 aliphatic heterocycles. The lowest BCUT2D eigenvalue weighted by Crippen LogP contribution is -2.31. The minimum atomic E-state index is -0.488. The van der Waals surface area contributed by atoms with Crippen molar-refractivity contribution in [3.63, 3.8) is 0 Å². The molecule has 0 heterocycles. The summed E-state index contributed by atoms with van der Waals surface area (Å²) < 4.78 is 11.0. The van der Waals surface area contributed by atoms with Crippen LogP contribution in [0.5, 0.6) is 0 Å². The molecule has 2 atom stereocenters. The van der Waals surface area contributed by atoms with Gasteiger partial charge in [-0.2, -0.15) is 0 Å². The van der Waals surface area contributed by atoms with E-state index in [-0.39, 0.29) is 23.0 Å². The van der Waals surface area contributed by atoms with Crippen LogP contribution in [0.2, 0.25) is 0 Å². The molecule has 0 radical (unpaired) electrons. The van der Waals surface area contributed by atoms with E-state index in [4.69, 9.17) is 32.7 Å². The number of ether oxygens (including phenoxy) is 2. The molecule has 0 aromatic heterocycles. The lowest BCUT2D eigenvalue weighted by Gasteiger charge is -2.32. The highest BCUT2D eigenvalue weighted by molar-refractivity contribution is 6.21. The van der Waals surface area contributed by atoms with Crippen molar-refractivity contribution in [2.75, 3.05) is 0 Å². The van der Waals surface area contributed by atoms with Crippen molar-refractivity contribution in [1.29, 1.82) is 0 Å². The fourth-order valence-corrected chi connectivity index (χ4v) is 4.61. The predicted molar refractivity (Wildman–Crippen MR) is 98.9 cm³/mol. The van der Waals surface area contributed by atoms with Crippen molar-refractivity contribution in [3.8, 4) is 0 Å². The Morgan fingerprint density at radius 2 is 1.12 bits per heavy atom. The van der Waals surface area contributed by atoms with Crippen molar-refractivity contribution in [2.45, 2.75) is 101 Å². The molecule has 0 spiro atoms. The van der Waals surface area contributed by atoms with Gasteiger partial charge in [0.05, 0.1) is 0 Å². The number of carbonyl (C=O) groups is 1. The monoisotopic (exact) mass is 378 g/mol. The first kappa shape index (κ1) is 20.2. The number of halogens is 2. The Hall–Kier alpha value is -0.150. The summed E-state index contributed by atoms with van der Waals surface area (Å²) in [7, 11) is 0. The lowest BCUT2D eigenvalue weighted by molar-refractivity contribution is -0.0260. The van der Waals surface area contributed by atoms with Crippen LogP contribution in [-0.4, -0.2) is 29.1 Å². The summed E-state index contributed by atoms with van der Waals surface area (Å²) in [4.78, 5) is 12.0. The van der Waals surface area contributed by atoms with E-state index in [1.54, 1.807) is 0 Å². The number of alkyl halides is 2. The molecule has 140 valence electrons. The lowest BCUT2D eigenvalue weighted by atomic mass is 9.84. The molecule has 0 saturated heterocycles. The molecule has 0 amide bonds. The second kappa shape index (κ2) is 10.1. The predicted octanol–water partition coefficient (Wildman–Crippen LogP) is 6.29.